The molecule has 0 aliphatic heterocycles. The first-order valence-electron chi connectivity index (χ1n) is 10.3. The van der Waals surface area contributed by atoms with Crippen LogP contribution in [0.2, 0.25) is 5.02 Å². The normalized spacial score (nSPS) is 13.2. The summed E-state index contributed by atoms with van der Waals surface area (Å²) in [5.74, 6) is 1.50. The zero-order chi connectivity index (χ0) is 22.9. The second-order valence-corrected chi connectivity index (χ2v) is 9.08. The Morgan fingerprint density at radius 1 is 0.935 bits per heavy atom. The summed E-state index contributed by atoms with van der Waals surface area (Å²) in [5, 5.41) is 13.2. The molecule has 2 aromatic carbocycles. The zero-order valence-corrected chi connectivity index (χ0v) is 19.4. The van der Waals surface area contributed by atoms with E-state index in [-0.39, 0.29) is 6.61 Å². The van der Waals surface area contributed by atoms with Crippen LogP contribution >= 0.6 is 11.6 Å². The van der Waals surface area contributed by atoms with E-state index in [9.17, 15) is 9.90 Å². The highest BCUT2D eigenvalue weighted by atomic mass is 35.5. The van der Waals surface area contributed by atoms with E-state index >= 15 is 0 Å². The minimum absolute atomic E-state index is 0.180. The summed E-state index contributed by atoms with van der Waals surface area (Å²) in [6.07, 6.45) is 0.721. The Labute approximate surface area is 189 Å². The number of alkyl carbamates (subject to hydrolysis) is 1. The SMILES string of the molecule is CC(C)(C)OC(=O)N[C@@](C)(CO)CCc1ccc(OCCOc2ccc(Cl)cc2)cc1. The van der Waals surface area contributed by atoms with Gasteiger partial charge in [0.05, 0.1) is 12.1 Å². The molecule has 0 saturated heterocycles. The molecule has 0 radical (unpaired) electrons. The molecule has 2 aromatic rings. The molecule has 31 heavy (non-hydrogen) atoms. The summed E-state index contributed by atoms with van der Waals surface area (Å²) in [7, 11) is 0. The number of carbonyl (C=O) groups excluding carboxylic acids is 1. The Hall–Kier alpha value is -2.44. The van der Waals surface area contributed by atoms with Crippen LogP contribution in [0.5, 0.6) is 11.5 Å². The Bertz CT molecular complexity index is 817. The number of ether oxygens (including phenoxy) is 3. The monoisotopic (exact) mass is 449 g/mol. The number of hydrogen-bond donors (Lipinski definition) is 2. The fourth-order valence-electron chi connectivity index (χ4n) is 2.75. The van der Waals surface area contributed by atoms with Gasteiger partial charge in [-0.05, 0) is 82.5 Å². The fraction of sp³-hybridized carbons (Fsp3) is 0.458. The van der Waals surface area contributed by atoms with E-state index in [1.54, 1.807) is 39.8 Å². The molecule has 0 aromatic heterocycles. The number of aliphatic hydroxyl groups excluding tert-OH is 1. The third-order valence-electron chi connectivity index (χ3n) is 4.47. The van der Waals surface area contributed by atoms with Gasteiger partial charge in [-0.3, -0.25) is 0 Å². The van der Waals surface area contributed by atoms with Crippen molar-refractivity contribution in [1.29, 1.82) is 0 Å². The molecule has 2 rings (SSSR count). The van der Waals surface area contributed by atoms with Gasteiger partial charge in [0.25, 0.3) is 0 Å². The zero-order valence-electron chi connectivity index (χ0n) is 18.6. The van der Waals surface area contributed by atoms with Crippen molar-refractivity contribution in [3.63, 3.8) is 0 Å². The summed E-state index contributed by atoms with van der Waals surface area (Å²) < 4.78 is 16.6. The first kappa shape index (κ1) is 24.8. The van der Waals surface area contributed by atoms with Crippen LogP contribution in [0.1, 0.15) is 39.7 Å². The molecule has 0 spiro atoms. The van der Waals surface area contributed by atoms with Crippen LogP contribution in [0, 0.1) is 0 Å². The maximum absolute atomic E-state index is 12.0. The van der Waals surface area contributed by atoms with Gasteiger partial charge in [-0.2, -0.15) is 0 Å². The van der Waals surface area contributed by atoms with Gasteiger partial charge >= 0.3 is 6.09 Å². The Balaban J connectivity index is 1.76. The molecule has 0 aliphatic rings. The average molecular weight is 450 g/mol. The minimum atomic E-state index is -0.767. The lowest BCUT2D eigenvalue weighted by molar-refractivity contribution is 0.0407. The summed E-state index contributed by atoms with van der Waals surface area (Å²) >= 11 is 5.85. The van der Waals surface area contributed by atoms with Crippen molar-refractivity contribution in [2.45, 2.75) is 51.7 Å². The smallest absolute Gasteiger partial charge is 0.408 e. The van der Waals surface area contributed by atoms with Crippen molar-refractivity contribution in [3.8, 4) is 11.5 Å². The van der Waals surface area contributed by atoms with Gasteiger partial charge in [0.1, 0.15) is 30.3 Å². The van der Waals surface area contributed by atoms with Gasteiger partial charge in [0.2, 0.25) is 0 Å². The standard InChI is InChI=1S/C24H32ClNO5/c1-23(2,3)31-22(28)26-24(4,17-27)14-13-18-5-9-20(10-6-18)29-15-16-30-21-11-7-19(25)8-12-21/h5-12,27H,13-17H2,1-4H3,(H,26,28)/t24-/m1/s1. The molecule has 170 valence electrons. The van der Waals surface area contributed by atoms with Gasteiger partial charge in [-0.25, -0.2) is 4.79 Å². The largest absolute Gasteiger partial charge is 0.490 e. The quantitative estimate of drug-likeness (QED) is 0.499. The van der Waals surface area contributed by atoms with E-state index in [1.807, 2.05) is 36.4 Å². The molecule has 0 heterocycles. The van der Waals surface area contributed by atoms with Gasteiger partial charge in [0, 0.05) is 5.02 Å². The van der Waals surface area contributed by atoms with Crippen molar-refractivity contribution in [3.05, 3.63) is 59.1 Å². The first-order chi connectivity index (χ1) is 14.6. The van der Waals surface area contributed by atoms with E-state index in [0.717, 1.165) is 17.1 Å². The molecular formula is C24H32ClNO5. The summed E-state index contributed by atoms with van der Waals surface area (Å²) in [5.41, 5.74) is -0.275. The van der Waals surface area contributed by atoms with E-state index in [1.165, 1.54) is 0 Å². The predicted molar refractivity (Wildman–Crippen MR) is 122 cm³/mol. The topological polar surface area (TPSA) is 77.0 Å². The molecule has 0 saturated carbocycles. The Morgan fingerprint density at radius 2 is 1.45 bits per heavy atom. The maximum Gasteiger partial charge on any atom is 0.408 e. The second-order valence-electron chi connectivity index (χ2n) is 8.64. The molecule has 0 unspecified atom stereocenters. The molecule has 0 fully saturated rings. The number of rotatable bonds is 10. The molecule has 1 atom stereocenters. The molecule has 7 heteroatoms. The Kier molecular flexibility index (Phi) is 9.01. The number of halogens is 1. The van der Waals surface area contributed by atoms with E-state index in [2.05, 4.69) is 5.32 Å². The van der Waals surface area contributed by atoms with E-state index < -0.39 is 17.2 Å². The number of amides is 1. The van der Waals surface area contributed by atoms with Crippen LogP contribution < -0.4 is 14.8 Å². The van der Waals surface area contributed by atoms with Crippen LogP contribution in [0.3, 0.4) is 0 Å². The summed E-state index contributed by atoms with van der Waals surface area (Å²) in [6.45, 7) is 7.87. The number of carbonyl (C=O) groups is 1. The molecule has 1 amide bonds. The van der Waals surface area contributed by atoms with Gasteiger partial charge in [-0.15, -0.1) is 0 Å². The Morgan fingerprint density at radius 3 is 1.94 bits per heavy atom. The van der Waals surface area contributed by atoms with Crippen molar-refractivity contribution in [2.75, 3.05) is 19.8 Å². The lowest BCUT2D eigenvalue weighted by Gasteiger charge is -2.30. The van der Waals surface area contributed by atoms with Crippen LogP contribution in [0.15, 0.2) is 48.5 Å². The molecule has 0 bridgehead atoms. The maximum atomic E-state index is 12.0. The van der Waals surface area contributed by atoms with Crippen LogP contribution in [0.4, 0.5) is 4.79 Å². The predicted octanol–water partition coefficient (Wildman–Crippen LogP) is 5.01. The highest BCUT2D eigenvalue weighted by molar-refractivity contribution is 6.30. The third kappa shape index (κ3) is 9.49. The summed E-state index contributed by atoms with van der Waals surface area (Å²) in [4.78, 5) is 12.0. The van der Waals surface area contributed by atoms with Crippen molar-refractivity contribution in [1.82, 2.24) is 5.32 Å². The van der Waals surface area contributed by atoms with Crippen LogP contribution in [0.25, 0.3) is 0 Å². The van der Waals surface area contributed by atoms with E-state index in [0.29, 0.717) is 31.1 Å². The highest BCUT2D eigenvalue weighted by Gasteiger charge is 2.28. The number of aryl methyl sites for hydroxylation is 1. The number of hydrogen-bond acceptors (Lipinski definition) is 5. The minimum Gasteiger partial charge on any atom is -0.490 e. The fourth-order valence-corrected chi connectivity index (χ4v) is 2.88. The second kappa shape index (κ2) is 11.3. The third-order valence-corrected chi connectivity index (χ3v) is 4.73. The van der Waals surface area contributed by atoms with Crippen LogP contribution in [-0.4, -0.2) is 42.2 Å². The van der Waals surface area contributed by atoms with Crippen molar-refractivity contribution >= 4 is 17.7 Å². The molecular weight excluding hydrogens is 418 g/mol. The number of benzene rings is 2. The summed E-state index contributed by atoms with van der Waals surface area (Å²) in [6, 6.07) is 14.9. The number of aliphatic hydroxyl groups is 1. The number of nitrogens with one attached hydrogen (secondary N) is 1. The lowest BCUT2D eigenvalue weighted by atomic mass is 9.94. The molecule has 0 aliphatic carbocycles. The van der Waals surface area contributed by atoms with Gasteiger partial charge < -0.3 is 24.6 Å². The van der Waals surface area contributed by atoms with E-state index in [4.69, 9.17) is 25.8 Å². The van der Waals surface area contributed by atoms with Gasteiger partial charge in [-0.1, -0.05) is 23.7 Å². The first-order valence-corrected chi connectivity index (χ1v) is 10.7. The average Bonchev–Trinajstić information content (AvgIpc) is 2.70. The molecule has 6 nitrogen and oxygen atoms in total. The molecule has 2 N–H and O–H groups in total. The van der Waals surface area contributed by atoms with Gasteiger partial charge in [0.15, 0.2) is 0 Å². The highest BCUT2D eigenvalue weighted by Crippen LogP contribution is 2.19. The van der Waals surface area contributed by atoms with Crippen molar-refractivity contribution in [2.24, 2.45) is 0 Å². The lowest BCUT2D eigenvalue weighted by Crippen LogP contribution is -2.50. The van der Waals surface area contributed by atoms with Crippen molar-refractivity contribution < 1.29 is 24.1 Å². The van der Waals surface area contributed by atoms with Crippen LogP contribution in [-0.2, 0) is 11.2 Å².